The van der Waals surface area contributed by atoms with E-state index in [1.54, 1.807) is 30.3 Å². The first-order chi connectivity index (χ1) is 13.5. The fourth-order valence-electron chi connectivity index (χ4n) is 3.33. The molecule has 1 fully saturated rings. The molecule has 0 bridgehead atoms. The molecular weight excluding hydrogens is 376 g/mol. The summed E-state index contributed by atoms with van der Waals surface area (Å²) in [7, 11) is 0. The van der Waals surface area contributed by atoms with E-state index in [0.717, 1.165) is 38.4 Å². The van der Waals surface area contributed by atoms with Crippen LogP contribution in [0, 0.1) is 0 Å². The van der Waals surface area contributed by atoms with Gasteiger partial charge < -0.3 is 20.4 Å². The van der Waals surface area contributed by atoms with Gasteiger partial charge in [-0.05, 0) is 42.9 Å². The zero-order valence-electron chi connectivity index (χ0n) is 16.2. The zero-order chi connectivity index (χ0) is 20.1. The molecule has 2 aromatic rings. The number of amides is 2. The molecule has 148 valence electrons. The zero-order valence-corrected chi connectivity index (χ0v) is 16.9. The van der Waals surface area contributed by atoms with Crippen molar-refractivity contribution >= 4 is 40.5 Å². The summed E-state index contributed by atoms with van der Waals surface area (Å²) in [5, 5.41) is 6.24. The lowest BCUT2D eigenvalue weighted by Gasteiger charge is -2.36. The van der Waals surface area contributed by atoms with Gasteiger partial charge in [0.25, 0.3) is 5.91 Å². The molecule has 1 aliphatic rings. The molecule has 0 radical (unpaired) electrons. The third kappa shape index (κ3) is 5.03. The van der Waals surface area contributed by atoms with E-state index in [9.17, 15) is 9.59 Å². The Hall–Kier alpha value is -2.57. The Labute approximate surface area is 170 Å². The average Bonchev–Trinajstić information content (AvgIpc) is 2.68. The summed E-state index contributed by atoms with van der Waals surface area (Å²) >= 11 is 6.19. The predicted octanol–water partition coefficient (Wildman–Crippen LogP) is 3.69. The molecule has 0 aliphatic carbocycles. The first kappa shape index (κ1) is 20.2. The number of benzene rings is 2. The molecule has 0 atom stereocenters. The molecule has 28 heavy (non-hydrogen) atoms. The van der Waals surface area contributed by atoms with Gasteiger partial charge >= 0.3 is 0 Å². The quantitative estimate of drug-likeness (QED) is 0.803. The van der Waals surface area contributed by atoms with Crippen LogP contribution < -0.4 is 15.5 Å². The van der Waals surface area contributed by atoms with Crippen LogP contribution in [0.2, 0.25) is 5.02 Å². The minimum absolute atomic E-state index is 0.180. The summed E-state index contributed by atoms with van der Waals surface area (Å²) < 4.78 is 0. The first-order valence-electron chi connectivity index (χ1n) is 9.42. The fourth-order valence-corrected chi connectivity index (χ4v) is 3.50. The summed E-state index contributed by atoms with van der Waals surface area (Å²) in [6, 6.07) is 12.4. The van der Waals surface area contributed by atoms with Crippen molar-refractivity contribution in [2.75, 3.05) is 48.3 Å². The van der Waals surface area contributed by atoms with E-state index >= 15 is 0 Å². The van der Waals surface area contributed by atoms with Gasteiger partial charge in [-0.1, -0.05) is 24.6 Å². The van der Waals surface area contributed by atoms with E-state index in [-0.39, 0.29) is 11.8 Å². The Balaban J connectivity index is 1.79. The molecular formula is C21H25ClN4O2. The maximum Gasteiger partial charge on any atom is 0.255 e. The van der Waals surface area contributed by atoms with Gasteiger partial charge in [0.2, 0.25) is 5.91 Å². The maximum atomic E-state index is 12.8. The van der Waals surface area contributed by atoms with Gasteiger partial charge in [0, 0.05) is 49.4 Å². The van der Waals surface area contributed by atoms with Gasteiger partial charge in [-0.2, -0.15) is 0 Å². The molecule has 1 saturated heterocycles. The molecule has 0 aromatic heterocycles. The van der Waals surface area contributed by atoms with Gasteiger partial charge in [-0.3, -0.25) is 9.59 Å². The largest absolute Gasteiger partial charge is 0.367 e. The number of likely N-dealkylation sites (N-methyl/N-ethyl adjacent to an activating group) is 1. The van der Waals surface area contributed by atoms with Crippen molar-refractivity contribution in [2.24, 2.45) is 0 Å². The lowest BCUT2D eigenvalue weighted by molar-refractivity contribution is -0.114. The highest BCUT2D eigenvalue weighted by Crippen LogP contribution is 2.30. The van der Waals surface area contributed by atoms with E-state index < -0.39 is 0 Å². The second kappa shape index (κ2) is 9.08. The third-order valence-electron chi connectivity index (χ3n) is 4.81. The number of carbonyl (C=O) groups is 2. The molecule has 0 spiro atoms. The number of hydrogen-bond donors (Lipinski definition) is 2. The second-order valence-electron chi connectivity index (χ2n) is 6.80. The van der Waals surface area contributed by atoms with Crippen LogP contribution in [0.1, 0.15) is 24.2 Å². The monoisotopic (exact) mass is 400 g/mol. The van der Waals surface area contributed by atoms with Gasteiger partial charge in [-0.15, -0.1) is 0 Å². The van der Waals surface area contributed by atoms with Crippen LogP contribution in [-0.4, -0.2) is 49.4 Å². The highest BCUT2D eigenvalue weighted by molar-refractivity contribution is 6.31. The lowest BCUT2D eigenvalue weighted by atomic mass is 10.1. The Morgan fingerprint density at radius 2 is 1.79 bits per heavy atom. The summed E-state index contributed by atoms with van der Waals surface area (Å²) in [6.07, 6.45) is 0. The minimum atomic E-state index is -0.247. The topological polar surface area (TPSA) is 64.7 Å². The number of carbonyl (C=O) groups excluding carboxylic acids is 2. The standard InChI is InChI=1S/C21H25ClN4O2/c1-3-25-9-11-26(12-10-25)20-8-7-17(22)14-19(20)24-21(28)16-5-4-6-18(13-16)23-15(2)27/h4-8,13-14H,3,9-12H2,1-2H3,(H,23,27)(H,24,28). The number of halogens is 1. The SMILES string of the molecule is CCN1CCN(c2ccc(Cl)cc2NC(=O)c2cccc(NC(C)=O)c2)CC1. The van der Waals surface area contributed by atoms with Crippen LogP contribution in [0.15, 0.2) is 42.5 Å². The van der Waals surface area contributed by atoms with Crippen LogP contribution in [0.25, 0.3) is 0 Å². The highest BCUT2D eigenvalue weighted by atomic mass is 35.5. The molecule has 1 heterocycles. The number of rotatable bonds is 5. The van der Waals surface area contributed by atoms with E-state index in [2.05, 4.69) is 27.4 Å². The summed E-state index contributed by atoms with van der Waals surface area (Å²) in [6.45, 7) is 8.42. The summed E-state index contributed by atoms with van der Waals surface area (Å²) in [4.78, 5) is 28.7. The fraction of sp³-hybridized carbons (Fsp3) is 0.333. The minimum Gasteiger partial charge on any atom is -0.367 e. The van der Waals surface area contributed by atoms with Crippen LogP contribution in [0.5, 0.6) is 0 Å². The summed E-state index contributed by atoms with van der Waals surface area (Å²) in [5.74, 6) is -0.427. The van der Waals surface area contributed by atoms with E-state index in [1.807, 2.05) is 12.1 Å². The van der Waals surface area contributed by atoms with Crippen molar-refractivity contribution < 1.29 is 9.59 Å². The summed E-state index contributed by atoms with van der Waals surface area (Å²) in [5.41, 5.74) is 2.70. The number of piperazine rings is 1. The van der Waals surface area contributed by atoms with Gasteiger partial charge in [0.1, 0.15) is 0 Å². The predicted molar refractivity (Wildman–Crippen MR) is 114 cm³/mol. The van der Waals surface area contributed by atoms with Crippen molar-refractivity contribution in [1.82, 2.24) is 4.90 Å². The molecule has 1 aliphatic heterocycles. The van der Waals surface area contributed by atoms with Gasteiger partial charge in [-0.25, -0.2) is 0 Å². The Kier molecular flexibility index (Phi) is 6.54. The highest BCUT2D eigenvalue weighted by Gasteiger charge is 2.19. The molecule has 2 amide bonds. The number of nitrogens with zero attached hydrogens (tertiary/aromatic N) is 2. The van der Waals surface area contributed by atoms with Crippen molar-refractivity contribution in [3.63, 3.8) is 0 Å². The van der Waals surface area contributed by atoms with Crippen LogP contribution >= 0.6 is 11.6 Å². The van der Waals surface area contributed by atoms with Crippen LogP contribution in [0.3, 0.4) is 0 Å². The molecule has 0 unspecified atom stereocenters. The molecule has 2 aromatic carbocycles. The van der Waals surface area contributed by atoms with E-state index in [0.29, 0.717) is 22.0 Å². The molecule has 6 nitrogen and oxygen atoms in total. The van der Waals surface area contributed by atoms with Crippen molar-refractivity contribution in [3.05, 3.63) is 53.1 Å². The van der Waals surface area contributed by atoms with Crippen LogP contribution in [0.4, 0.5) is 17.1 Å². The number of nitrogens with one attached hydrogen (secondary N) is 2. The number of hydrogen-bond acceptors (Lipinski definition) is 4. The number of anilines is 3. The van der Waals surface area contributed by atoms with Crippen molar-refractivity contribution in [2.45, 2.75) is 13.8 Å². The molecule has 0 saturated carbocycles. The third-order valence-corrected chi connectivity index (χ3v) is 5.05. The maximum absolute atomic E-state index is 12.8. The van der Waals surface area contributed by atoms with Gasteiger partial charge in [0.05, 0.1) is 11.4 Å². The molecule has 3 rings (SSSR count). The Morgan fingerprint density at radius 3 is 2.46 bits per heavy atom. The Bertz CT molecular complexity index is 863. The molecule has 7 heteroatoms. The van der Waals surface area contributed by atoms with Crippen molar-refractivity contribution in [3.8, 4) is 0 Å². The van der Waals surface area contributed by atoms with Crippen molar-refractivity contribution in [1.29, 1.82) is 0 Å². The Morgan fingerprint density at radius 1 is 1.04 bits per heavy atom. The normalized spacial score (nSPS) is 14.6. The molecule has 2 N–H and O–H groups in total. The smallest absolute Gasteiger partial charge is 0.255 e. The van der Waals surface area contributed by atoms with Crippen LogP contribution in [-0.2, 0) is 4.79 Å². The van der Waals surface area contributed by atoms with E-state index in [1.165, 1.54) is 6.92 Å². The second-order valence-corrected chi connectivity index (χ2v) is 7.24. The first-order valence-corrected chi connectivity index (χ1v) is 9.80. The average molecular weight is 401 g/mol. The van der Waals surface area contributed by atoms with Gasteiger partial charge in [0.15, 0.2) is 0 Å². The van der Waals surface area contributed by atoms with E-state index in [4.69, 9.17) is 11.6 Å². The lowest BCUT2D eigenvalue weighted by Crippen LogP contribution is -2.46.